The summed E-state index contributed by atoms with van der Waals surface area (Å²) < 4.78 is 2.12. The van der Waals surface area contributed by atoms with Crippen molar-refractivity contribution in [3.8, 4) is 11.4 Å². The van der Waals surface area contributed by atoms with E-state index in [9.17, 15) is 0 Å². The third-order valence-corrected chi connectivity index (χ3v) is 6.09. The minimum absolute atomic E-state index is 0.483. The Kier molecular flexibility index (Phi) is 2.93. The highest BCUT2D eigenvalue weighted by molar-refractivity contribution is 7.17. The van der Waals surface area contributed by atoms with Gasteiger partial charge in [-0.1, -0.05) is 6.92 Å². The van der Waals surface area contributed by atoms with Gasteiger partial charge in [-0.3, -0.25) is 9.38 Å². The van der Waals surface area contributed by atoms with E-state index in [1.807, 2.05) is 12.4 Å². The number of rotatable bonds is 4. The Morgan fingerprint density at radius 1 is 1.39 bits per heavy atom. The van der Waals surface area contributed by atoms with Crippen molar-refractivity contribution in [3.05, 3.63) is 29.7 Å². The lowest BCUT2D eigenvalue weighted by molar-refractivity contribution is 0.0910. The van der Waals surface area contributed by atoms with E-state index >= 15 is 0 Å². The lowest BCUT2D eigenvalue weighted by Gasteiger charge is -2.53. The van der Waals surface area contributed by atoms with Gasteiger partial charge in [-0.05, 0) is 25.3 Å². The van der Waals surface area contributed by atoms with Crippen LogP contribution in [0.2, 0.25) is 0 Å². The van der Waals surface area contributed by atoms with Gasteiger partial charge < -0.3 is 10.6 Å². The summed E-state index contributed by atoms with van der Waals surface area (Å²) in [5.74, 6) is 1.71. The van der Waals surface area contributed by atoms with Crippen LogP contribution in [0.25, 0.3) is 16.3 Å². The number of fused-ring (bicyclic) bond motifs is 2. The summed E-state index contributed by atoms with van der Waals surface area (Å²) in [6.45, 7) is 3.33. The number of piperidine rings is 1. The molecule has 118 valence electrons. The summed E-state index contributed by atoms with van der Waals surface area (Å²) in [4.78, 5) is 15.9. The van der Waals surface area contributed by atoms with Crippen molar-refractivity contribution in [2.45, 2.75) is 31.8 Å². The molecule has 4 heterocycles. The molecular weight excluding hydrogens is 308 g/mol. The van der Waals surface area contributed by atoms with Crippen molar-refractivity contribution in [1.29, 1.82) is 0 Å². The van der Waals surface area contributed by atoms with Gasteiger partial charge in [0, 0.05) is 23.2 Å². The first-order chi connectivity index (χ1) is 11.3. The maximum atomic E-state index is 4.75. The van der Waals surface area contributed by atoms with Crippen LogP contribution >= 0.6 is 11.3 Å². The molecule has 3 atom stereocenters. The topological polar surface area (TPSA) is 67.1 Å². The molecule has 0 amide bonds. The Labute approximate surface area is 138 Å². The van der Waals surface area contributed by atoms with Gasteiger partial charge in [0.2, 0.25) is 0 Å². The minimum Gasteiger partial charge on any atom is -0.364 e. The first-order valence-electron chi connectivity index (χ1n) is 8.10. The first kappa shape index (κ1) is 13.4. The van der Waals surface area contributed by atoms with Crippen molar-refractivity contribution in [2.24, 2.45) is 5.92 Å². The van der Waals surface area contributed by atoms with Crippen LogP contribution in [0, 0.1) is 5.92 Å². The van der Waals surface area contributed by atoms with E-state index in [0.717, 1.165) is 34.5 Å². The van der Waals surface area contributed by atoms with Crippen LogP contribution in [0.3, 0.4) is 0 Å². The van der Waals surface area contributed by atoms with Crippen LogP contribution in [-0.2, 0) is 6.42 Å². The zero-order valence-electron chi connectivity index (χ0n) is 12.9. The molecule has 1 unspecified atom stereocenters. The number of nitrogens with zero attached hydrogens (tertiary/aromatic N) is 4. The first-order valence-corrected chi connectivity index (χ1v) is 8.91. The Bertz CT molecular complexity index is 868. The van der Waals surface area contributed by atoms with Gasteiger partial charge in [-0.15, -0.1) is 11.3 Å². The van der Waals surface area contributed by atoms with E-state index in [-0.39, 0.29) is 0 Å². The third kappa shape index (κ3) is 2.07. The Morgan fingerprint density at radius 3 is 3.09 bits per heavy atom. The SMILES string of the molecule is CCc1cn2c(-c3cncc(N[C@@H]4CC5CN[C@@H]54)n3)cnc2s1. The van der Waals surface area contributed by atoms with Gasteiger partial charge in [-0.25, -0.2) is 9.97 Å². The van der Waals surface area contributed by atoms with Crippen LogP contribution in [0.1, 0.15) is 18.2 Å². The Hall–Kier alpha value is -1.99. The number of imidazole rings is 1. The van der Waals surface area contributed by atoms with E-state index in [1.54, 1.807) is 17.5 Å². The van der Waals surface area contributed by atoms with Gasteiger partial charge in [-0.2, -0.15) is 0 Å². The molecule has 0 bridgehead atoms. The number of hydrogen-bond donors (Lipinski definition) is 2. The van der Waals surface area contributed by atoms with E-state index in [1.165, 1.54) is 17.8 Å². The predicted molar refractivity (Wildman–Crippen MR) is 90.8 cm³/mol. The van der Waals surface area contributed by atoms with Crippen molar-refractivity contribution in [2.75, 3.05) is 11.9 Å². The molecule has 3 aromatic heterocycles. The van der Waals surface area contributed by atoms with Crippen molar-refractivity contribution < 1.29 is 0 Å². The van der Waals surface area contributed by atoms with Gasteiger partial charge >= 0.3 is 0 Å². The Morgan fingerprint density at radius 2 is 2.35 bits per heavy atom. The molecule has 0 radical (unpaired) electrons. The van der Waals surface area contributed by atoms with Crippen LogP contribution in [0.5, 0.6) is 0 Å². The quantitative estimate of drug-likeness (QED) is 0.769. The normalized spacial score (nSPS) is 25.7. The van der Waals surface area contributed by atoms with Crippen LogP contribution < -0.4 is 10.6 Å². The molecule has 1 aliphatic heterocycles. The average Bonchev–Trinajstić information content (AvgIpc) is 3.12. The molecule has 3 aromatic rings. The minimum atomic E-state index is 0.483. The lowest BCUT2D eigenvalue weighted by atomic mass is 9.69. The molecule has 2 N–H and O–H groups in total. The molecule has 23 heavy (non-hydrogen) atoms. The number of aromatic nitrogens is 4. The zero-order valence-corrected chi connectivity index (χ0v) is 13.7. The molecule has 5 rings (SSSR count). The number of hydrogen-bond acceptors (Lipinski definition) is 6. The summed E-state index contributed by atoms with van der Waals surface area (Å²) in [5.41, 5.74) is 1.86. The number of anilines is 1. The highest BCUT2D eigenvalue weighted by Crippen LogP contribution is 2.36. The second-order valence-corrected chi connectivity index (χ2v) is 7.41. The third-order valence-electron chi connectivity index (χ3n) is 4.95. The number of aryl methyl sites for hydroxylation is 1. The molecule has 0 spiro atoms. The van der Waals surface area contributed by atoms with Crippen LogP contribution in [0.15, 0.2) is 24.8 Å². The summed E-state index contributed by atoms with van der Waals surface area (Å²) in [6.07, 6.45) is 9.90. The maximum Gasteiger partial charge on any atom is 0.194 e. The smallest absolute Gasteiger partial charge is 0.194 e. The van der Waals surface area contributed by atoms with Crippen molar-refractivity contribution in [1.82, 2.24) is 24.7 Å². The van der Waals surface area contributed by atoms with Crippen LogP contribution in [0.4, 0.5) is 5.82 Å². The summed E-state index contributed by atoms with van der Waals surface area (Å²) in [7, 11) is 0. The average molecular weight is 326 g/mol. The second-order valence-electron chi connectivity index (χ2n) is 6.32. The molecule has 1 aliphatic carbocycles. The number of nitrogens with one attached hydrogen (secondary N) is 2. The molecule has 2 fully saturated rings. The Balaban J connectivity index is 1.45. The van der Waals surface area contributed by atoms with Crippen molar-refractivity contribution in [3.63, 3.8) is 0 Å². The van der Waals surface area contributed by atoms with Crippen LogP contribution in [-0.4, -0.2) is 38.0 Å². The van der Waals surface area contributed by atoms with Gasteiger partial charge in [0.15, 0.2) is 4.96 Å². The standard InChI is InChI=1S/C16H18N6S/c1-2-10-8-22-13(6-19-16(22)23-10)12-5-17-7-14(21-12)20-11-3-9-4-18-15(9)11/h5-9,11,15,18H,2-4H2,1H3,(H,20,21)/t9?,11-,15+/m1/s1. The van der Waals surface area contributed by atoms with E-state index < -0.39 is 0 Å². The largest absolute Gasteiger partial charge is 0.364 e. The van der Waals surface area contributed by atoms with E-state index in [2.05, 4.69) is 38.1 Å². The van der Waals surface area contributed by atoms with Crippen molar-refractivity contribution >= 4 is 22.1 Å². The molecule has 1 saturated heterocycles. The second kappa shape index (κ2) is 5.01. The fraction of sp³-hybridized carbons (Fsp3) is 0.438. The van der Waals surface area contributed by atoms with E-state index in [0.29, 0.717) is 12.1 Å². The zero-order chi connectivity index (χ0) is 15.4. The fourth-order valence-electron chi connectivity index (χ4n) is 3.48. The van der Waals surface area contributed by atoms with Gasteiger partial charge in [0.05, 0.1) is 24.3 Å². The highest BCUT2D eigenvalue weighted by Gasteiger charge is 2.47. The summed E-state index contributed by atoms with van der Waals surface area (Å²) >= 11 is 1.73. The lowest BCUT2D eigenvalue weighted by Crippen LogP contribution is -2.70. The van der Waals surface area contributed by atoms with Gasteiger partial charge in [0.1, 0.15) is 11.5 Å². The maximum absolute atomic E-state index is 4.75. The molecular formula is C16H18N6S. The monoisotopic (exact) mass is 326 g/mol. The highest BCUT2D eigenvalue weighted by atomic mass is 32.1. The van der Waals surface area contributed by atoms with Gasteiger partial charge in [0.25, 0.3) is 0 Å². The molecule has 6 nitrogen and oxygen atoms in total. The summed E-state index contributed by atoms with van der Waals surface area (Å²) in [5, 5.41) is 6.98. The molecule has 1 saturated carbocycles. The molecule has 7 heteroatoms. The molecule has 0 aromatic carbocycles. The fourth-order valence-corrected chi connectivity index (χ4v) is 4.37. The van der Waals surface area contributed by atoms with E-state index in [4.69, 9.17) is 4.98 Å². The summed E-state index contributed by atoms with van der Waals surface area (Å²) in [6, 6.07) is 1.10. The number of thiazole rings is 1. The predicted octanol–water partition coefficient (Wildman–Crippen LogP) is 2.19. The molecule has 2 aliphatic rings.